The molecular weight excluding hydrogens is 306 g/mol. The monoisotopic (exact) mass is 327 g/mol. The highest BCUT2D eigenvalue weighted by Crippen LogP contribution is 2.26. The standard InChI is InChI=1S/C15H22BrNO2/c1-4-9-17(10-5-2)15(18)12-7-8-14(19-6-3)13(16)11-12/h7-8,11H,4-6,9-10H2,1-3H3. The first-order valence-corrected chi connectivity index (χ1v) is 7.64. The van der Waals surface area contributed by atoms with Crippen LogP contribution in [-0.4, -0.2) is 30.5 Å². The second-order valence-corrected chi connectivity index (χ2v) is 5.22. The Bertz CT molecular complexity index is 415. The second-order valence-electron chi connectivity index (χ2n) is 4.37. The predicted octanol–water partition coefficient (Wildman–Crippen LogP) is 4.11. The van der Waals surface area contributed by atoms with Crippen LogP contribution >= 0.6 is 15.9 Å². The molecule has 0 aliphatic rings. The fraction of sp³-hybridized carbons (Fsp3) is 0.533. The molecule has 3 nitrogen and oxygen atoms in total. The van der Waals surface area contributed by atoms with Gasteiger partial charge in [0, 0.05) is 18.7 Å². The molecule has 0 N–H and O–H groups in total. The lowest BCUT2D eigenvalue weighted by Gasteiger charge is -2.21. The van der Waals surface area contributed by atoms with E-state index < -0.39 is 0 Å². The molecule has 0 bridgehead atoms. The van der Waals surface area contributed by atoms with Gasteiger partial charge in [0.25, 0.3) is 5.91 Å². The Balaban J connectivity index is 2.88. The number of ether oxygens (including phenoxy) is 1. The van der Waals surface area contributed by atoms with Crippen molar-refractivity contribution in [2.45, 2.75) is 33.6 Å². The van der Waals surface area contributed by atoms with Gasteiger partial charge in [-0.15, -0.1) is 0 Å². The lowest BCUT2D eigenvalue weighted by molar-refractivity contribution is 0.0755. The number of carbonyl (C=O) groups excluding carboxylic acids is 1. The molecule has 0 fully saturated rings. The summed E-state index contributed by atoms with van der Waals surface area (Å²) < 4.78 is 6.28. The minimum Gasteiger partial charge on any atom is -0.493 e. The van der Waals surface area contributed by atoms with E-state index in [-0.39, 0.29) is 5.91 Å². The number of rotatable bonds is 7. The van der Waals surface area contributed by atoms with Crippen molar-refractivity contribution >= 4 is 21.8 Å². The molecule has 106 valence electrons. The van der Waals surface area contributed by atoms with Crippen LogP contribution < -0.4 is 4.74 Å². The van der Waals surface area contributed by atoms with E-state index in [1.807, 2.05) is 30.0 Å². The van der Waals surface area contributed by atoms with Crippen LogP contribution in [0.15, 0.2) is 22.7 Å². The summed E-state index contributed by atoms with van der Waals surface area (Å²) in [5.41, 5.74) is 0.706. The molecule has 4 heteroatoms. The van der Waals surface area contributed by atoms with Crippen molar-refractivity contribution in [3.8, 4) is 5.75 Å². The number of halogens is 1. The molecule has 0 aliphatic carbocycles. The van der Waals surface area contributed by atoms with Gasteiger partial charge in [0.2, 0.25) is 0 Å². The van der Waals surface area contributed by atoms with Crippen LogP contribution in [0.4, 0.5) is 0 Å². The van der Waals surface area contributed by atoms with Crippen LogP contribution in [0.1, 0.15) is 44.0 Å². The maximum Gasteiger partial charge on any atom is 0.253 e. The zero-order chi connectivity index (χ0) is 14.3. The van der Waals surface area contributed by atoms with Gasteiger partial charge in [0.15, 0.2) is 0 Å². The Hall–Kier alpha value is -1.03. The normalized spacial score (nSPS) is 10.3. The van der Waals surface area contributed by atoms with E-state index in [0.29, 0.717) is 12.2 Å². The van der Waals surface area contributed by atoms with Crippen LogP contribution in [0.2, 0.25) is 0 Å². The molecule has 0 aromatic heterocycles. The first-order chi connectivity index (χ1) is 9.13. The molecule has 19 heavy (non-hydrogen) atoms. The highest BCUT2D eigenvalue weighted by Gasteiger charge is 2.15. The van der Waals surface area contributed by atoms with Gasteiger partial charge in [-0.05, 0) is 53.9 Å². The summed E-state index contributed by atoms with van der Waals surface area (Å²) in [7, 11) is 0. The molecule has 1 amide bonds. The Labute approximate surface area is 124 Å². The largest absolute Gasteiger partial charge is 0.493 e. The van der Waals surface area contributed by atoms with E-state index in [9.17, 15) is 4.79 Å². The average molecular weight is 328 g/mol. The highest BCUT2D eigenvalue weighted by atomic mass is 79.9. The summed E-state index contributed by atoms with van der Waals surface area (Å²) in [5.74, 6) is 0.865. The van der Waals surface area contributed by atoms with Crippen molar-refractivity contribution in [1.82, 2.24) is 4.90 Å². The molecule has 1 aromatic rings. The number of amides is 1. The minimum atomic E-state index is 0.0902. The van der Waals surface area contributed by atoms with Crippen molar-refractivity contribution in [3.05, 3.63) is 28.2 Å². The SMILES string of the molecule is CCCN(CCC)C(=O)c1ccc(OCC)c(Br)c1. The highest BCUT2D eigenvalue weighted by molar-refractivity contribution is 9.10. The van der Waals surface area contributed by atoms with Gasteiger partial charge in [-0.3, -0.25) is 4.79 Å². The maximum absolute atomic E-state index is 12.4. The third kappa shape index (κ3) is 4.53. The second kappa shape index (κ2) is 8.20. The van der Waals surface area contributed by atoms with Gasteiger partial charge in [-0.2, -0.15) is 0 Å². The zero-order valence-electron chi connectivity index (χ0n) is 11.9. The minimum absolute atomic E-state index is 0.0902. The average Bonchev–Trinajstić information content (AvgIpc) is 2.40. The van der Waals surface area contributed by atoms with Crippen molar-refractivity contribution in [3.63, 3.8) is 0 Å². The van der Waals surface area contributed by atoms with Crippen LogP contribution in [0, 0.1) is 0 Å². The Kier molecular flexibility index (Phi) is 6.92. The van der Waals surface area contributed by atoms with Gasteiger partial charge in [0.1, 0.15) is 5.75 Å². The van der Waals surface area contributed by atoms with Crippen molar-refractivity contribution in [2.75, 3.05) is 19.7 Å². The summed E-state index contributed by atoms with van der Waals surface area (Å²) in [4.78, 5) is 14.3. The van der Waals surface area contributed by atoms with Crippen LogP contribution in [0.25, 0.3) is 0 Å². The van der Waals surface area contributed by atoms with Crippen LogP contribution in [0.5, 0.6) is 5.75 Å². The Morgan fingerprint density at radius 1 is 1.21 bits per heavy atom. The molecule has 0 saturated heterocycles. The number of hydrogen-bond donors (Lipinski definition) is 0. The van der Waals surface area contributed by atoms with E-state index in [2.05, 4.69) is 29.8 Å². The third-order valence-electron chi connectivity index (χ3n) is 2.75. The van der Waals surface area contributed by atoms with Crippen molar-refractivity contribution in [1.29, 1.82) is 0 Å². The number of benzene rings is 1. The van der Waals surface area contributed by atoms with E-state index >= 15 is 0 Å². The van der Waals surface area contributed by atoms with Gasteiger partial charge in [-0.25, -0.2) is 0 Å². The van der Waals surface area contributed by atoms with E-state index in [1.165, 1.54) is 0 Å². The molecule has 0 heterocycles. The fourth-order valence-electron chi connectivity index (χ4n) is 1.94. The van der Waals surface area contributed by atoms with Crippen molar-refractivity contribution in [2.24, 2.45) is 0 Å². The molecule has 0 spiro atoms. The molecule has 0 aliphatic heterocycles. The quantitative estimate of drug-likeness (QED) is 0.754. The first kappa shape index (κ1) is 16.0. The van der Waals surface area contributed by atoms with E-state index in [4.69, 9.17) is 4.74 Å². The van der Waals surface area contributed by atoms with E-state index in [0.717, 1.165) is 36.2 Å². The maximum atomic E-state index is 12.4. The molecular formula is C15H22BrNO2. The number of nitrogens with zero attached hydrogens (tertiary/aromatic N) is 1. The summed E-state index contributed by atoms with van der Waals surface area (Å²) in [5, 5.41) is 0. The number of hydrogen-bond acceptors (Lipinski definition) is 2. The molecule has 0 radical (unpaired) electrons. The summed E-state index contributed by atoms with van der Waals surface area (Å²) in [6.07, 6.45) is 1.95. The molecule has 1 rings (SSSR count). The van der Waals surface area contributed by atoms with Crippen LogP contribution in [-0.2, 0) is 0 Å². The Morgan fingerprint density at radius 2 is 1.84 bits per heavy atom. The molecule has 0 saturated carbocycles. The fourth-order valence-corrected chi connectivity index (χ4v) is 2.44. The predicted molar refractivity (Wildman–Crippen MR) is 81.8 cm³/mol. The summed E-state index contributed by atoms with van der Waals surface area (Å²) in [6, 6.07) is 5.51. The molecule has 0 atom stereocenters. The van der Waals surface area contributed by atoms with Crippen LogP contribution in [0.3, 0.4) is 0 Å². The first-order valence-electron chi connectivity index (χ1n) is 6.85. The molecule has 0 unspecified atom stereocenters. The lowest BCUT2D eigenvalue weighted by atomic mass is 10.2. The van der Waals surface area contributed by atoms with Gasteiger partial charge >= 0.3 is 0 Å². The number of carbonyl (C=O) groups is 1. The van der Waals surface area contributed by atoms with Crippen molar-refractivity contribution < 1.29 is 9.53 Å². The van der Waals surface area contributed by atoms with E-state index in [1.54, 1.807) is 0 Å². The summed E-state index contributed by atoms with van der Waals surface area (Å²) >= 11 is 3.45. The van der Waals surface area contributed by atoms with Gasteiger partial charge in [-0.1, -0.05) is 13.8 Å². The third-order valence-corrected chi connectivity index (χ3v) is 3.37. The smallest absolute Gasteiger partial charge is 0.253 e. The topological polar surface area (TPSA) is 29.5 Å². The van der Waals surface area contributed by atoms with Gasteiger partial charge in [0.05, 0.1) is 11.1 Å². The lowest BCUT2D eigenvalue weighted by Crippen LogP contribution is -2.32. The zero-order valence-corrected chi connectivity index (χ0v) is 13.5. The van der Waals surface area contributed by atoms with Gasteiger partial charge < -0.3 is 9.64 Å². The summed E-state index contributed by atoms with van der Waals surface area (Å²) in [6.45, 7) is 8.34. The molecule has 1 aromatic carbocycles. The Morgan fingerprint density at radius 3 is 2.32 bits per heavy atom.